The maximum atomic E-state index is 13.0. The molecule has 1 heterocycles. The molecule has 3 aromatic rings. The zero-order valence-corrected chi connectivity index (χ0v) is 19.0. The Kier molecular flexibility index (Phi) is 7.34. The molecule has 3 rings (SSSR count). The van der Waals surface area contributed by atoms with Crippen LogP contribution in [0.4, 0.5) is 5.69 Å². The third kappa shape index (κ3) is 5.37. The molecule has 0 unspecified atom stereocenters. The number of amides is 1. The summed E-state index contributed by atoms with van der Waals surface area (Å²) in [5.41, 5.74) is 0.00375. The Labute approximate surface area is 190 Å². The maximum Gasteiger partial charge on any atom is 0.257 e. The van der Waals surface area contributed by atoms with Gasteiger partial charge in [-0.15, -0.1) is 0 Å². The molecule has 2 N–H and O–H groups in total. The molecule has 0 aliphatic rings. The van der Waals surface area contributed by atoms with Gasteiger partial charge in [-0.05, 0) is 48.5 Å². The van der Waals surface area contributed by atoms with E-state index in [4.69, 9.17) is 16.3 Å². The van der Waals surface area contributed by atoms with E-state index >= 15 is 0 Å². The Hall–Kier alpha value is -3.14. The molecule has 0 aliphatic heterocycles. The Morgan fingerprint density at radius 1 is 1.06 bits per heavy atom. The maximum absolute atomic E-state index is 13.0. The number of anilines is 1. The average molecular weight is 476 g/mol. The molecule has 0 fully saturated rings. The number of aromatic amines is 1. The lowest BCUT2D eigenvalue weighted by Gasteiger charge is -2.20. The molecule has 0 bridgehead atoms. The Morgan fingerprint density at radius 2 is 1.75 bits per heavy atom. The normalized spacial score (nSPS) is 11.4. The molecule has 1 aromatic heterocycles. The van der Waals surface area contributed by atoms with E-state index in [0.717, 1.165) is 0 Å². The molecule has 2 aromatic carbocycles. The van der Waals surface area contributed by atoms with Gasteiger partial charge in [0.25, 0.3) is 5.91 Å². The highest BCUT2D eigenvalue weighted by Gasteiger charge is 2.23. The molecule has 10 heteroatoms. The number of benzene rings is 2. The van der Waals surface area contributed by atoms with Gasteiger partial charge in [-0.25, -0.2) is 8.42 Å². The lowest BCUT2D eigenvalue weighted by Crippen LogP contribution is -2.30. The second kappa shape index (κ2) is 9.99. The van der Waals surface area contributed by atoms with Crippen molar-refractivity contribution in [1.82, 2.24) is 9.29 Å². The summed E-state index contributed by atoms with van der Waals surface area (Å²) in [6.07, 6.45) is 1.27. The van der Waals surface area contributed by atoms with Crippen molar-refractivity contribution in [3.8, 4) is 11.5 Å². The number of hydrogen-bond donors (Lipinski definition) is 2. The number of aromatic nitrogens is 1. The van der Waals surface area contributed by atoms with Crippen LogP contribution in [-0.2, 0) is 10.0 Å². The van der Waals surface area contributed by atoms with Gasteiger partial charge in [0, 0.05) is 30.4 Å². The number of hydrogen-bond acceptors (Lipinski definition) is 5. The Bertz CT molecular complexity index is 1250. The van der Waals surface area contributed by atoms with Crippen LogP contribution < -0.4 is 15.6 Å². The first kappa shape index (κ1) is 23.5. The smallest absolute Gasteiger partial charge is 0.257 e. The highest BCUT2D eigenvalue weighted by atomic mass is 35.5. The third-order valence-electron chi connectivity index (χ3n) is 4.63. The fourth-order valence-corrected chi connectivity index (χ4v) is 4.56. The van der Waals surface area contributed by atoms with Gasteiger partial charge < -0.3 is 15.0 Å². The van der Waals surface area contributed by atoms with Gasteiger partial charge in [0.15, 0.2) is 5.75 Å². The predicted molar refractivity (Wildman–Crippen MR) is 123 cm³/mol. The number of pyridine rings is 1. The van der Waals surface area contributed by atoms with E-state index in [1.165, 1.54) is 40.8 Å². The molecule has 8 nitrogen and oxygen atoms in total. The summed E-state index contributed by atoms with van der Waals surface area (Å²) in [5, 5.41) is 3.20. The van der Waals surface area contributed by atoms with Crippen molar-refractivity contribution in [3.63, 3.8) is 0 Å². The summed E-state index contributed by atoms with van der Waals surface area (Å²) < 4.78 is 33.1. The van der Waals surface area contributed by atoms with Gasteiger partial charge in [-0.3, -0.25) is 9.59 Å². The van der Waals surface area contributed by atoms with E-state index in [2.05, 4.69) is 10.3 Å². The van der Waals surface area contributed by atoms with Crippen LogP contribution in [-0.4, -0.2) is 36.7 Å². The van der Waals surface area contributed by atoms with Crippen LogP contribution in [0, 0.1) is 0 Å². The molecule has 0 spiro atoms. The van der Waals surface area contributed by atoms with Gasteiger partial charge in [-0.1, -0.05) is 25.4 Å². The standard InChI is InChI=1S/C22H22ClN3O5S/c1-3-26(4-2)32(29,30)18-10-11-20(31-17-8-6-16(23)7-9-17)19(13-18)25-22(28)15-5-12-21(27)24-14-15/h5-14H,3-4H2,1-2H3,(H,24,27)(H,25,28). The molecule has 0 saturated carbocycles. The summed E-state index contributed by atoms with van der Waals surface area (Å²) >= 11 is 5.91. The molecule has 32 heavy (non-hydrogen) atoms. The van der Waals surface area contributed by atoms with E-state index < -0.39 is 15.9 Å². The number of carbonyl (C=O) groups is 1. The zero-order chi connectivity index (χ0) is 23.3. The minimum absolute atomic E-state index is 0.0152. The van der Waals surface area contributed by atoms with Crippen molar-refractivity contribution < 1.29 is 17.9 Å². The second-order valence-corrected chi connectivity index (χ2v) is 9.07. The van der Waals surface area contributed by atoms with Crippen LogP contribution in [0.15, 0.2) is 70.5 Å². The van der Waals surface area contributed by atoms with Crippen molar-refractivity contribution in [3.05, 3.63) is 81.7 Å². The van der Waals surface area contributed by atoms with Crippen LogP contribution in [0.1, 0.15) is 24.2 Å². The highest BCUT2D eigenvalue weighted by Crippen LogP contribution is 2.33. The topological polar surface area (TPSA) is 109 Å². The minimum atomic E-state index is -3.76. The van der Waals surface area contributed by atoms with Crippen LogP contribution in [0.25, 0.3) is 0 Å². The van der Waals surface area contributed by atoms with Gasteiger partial charge in [-0.2, -0.15) is 4.31 Å². The van der Waals surface area contributed by atoms with E-state index in [-0.39, 0.29) is 27.5 Å². The van der Waals surface area contributed by atoms with Crippen LogP contribution in [0.3, 0.4) is 0 Å². The Balaban J connectivity index is 2.02. The minimum Gasteiger partial charge on any atom is -0.455 e. The van der Waals surface area contributed by atoms with Crippen LogP contribution in [0.2, 0.25) is 5.02 Å². The van der Waals surface area contributed by atoms with E-state index in [1.807, 2.05) is 0 Å². The first-order chi connectivity index (χ1) is 15.2. The highest BCUT2D eigenvalue weighted by molar-refractivity contribution is 7.89. The number of nitrogens with zero attached hydrogens (tertiary/aromatic N) is 1. The van der Waals surface area contributed by atoms with Crippen molar-refractivity contribution in [1.29, 1.82) is 0 Å². The molecule has 168 valence electrons. The molecule has 0 radical (unpaired) electrons. The fourth-order valence-electron chi connectivity index (χ4n) is 2.94. The second-order valence-electron chi connectivity index (χ2n) is 6.70. The fraction of sp³-hybridized carbons (Fsp3) is 0.182. The summed E-state index contributed by atoms with van der Waals surface area (Å²) in [6.45, 7) is 4.11. The predicted octanol–water partition coefficient (Wildman–Crippen LogP) is 4.10. The Morgan fingerprint density at radius 3 is 2.34 bits per heavy atom. The summed E-state index contributed by atoms with van der Waals surface area (Å²) in [6, 6.07) is 13.4. The zero-order valence-electron chi connectivity index (χ0n) is 17.5. The molecular weight excluding hydrogens is 454 g/mol. The number of carbonyl (C=O) groups excluding carboxylic acids is 1. The lowest BCUT2D eigenvalue weighted by molar-refractivity contribution is 0.102. The van der Waals surface area contributed by atoms with Crippen molar-refractivity contribution in [2.45, 2.75) is 18.7 Å². The van der Waals surface area contributed by atoms with Crippen molar-refractivity contribution in [2.75, 3.05) is 18.4 Å². The number of H-pyrrole nitrogens is 1. The SMILES string of the molecule is CCN(CC)S(=O)(=O)c1ccc(Oc2ccc(Cl)cc2)c(NC(=O)c2ccc(=O)[nH]c2)c1. The summed E-state index contributed by atoms with van der Waals surface area (Å²) in [7, 11) is -3.76. The molecule has 0 aliphatic carbocycles. The number of sulfonamides is 1. The summed E-state index contributed by atoms with van der Waals surface area (Å²) in [4.78, 5) is 26.4. The van der Waals surface area contributed by atoms with E-state index in [1.54, 1.807) is 38.1 Å². The summed E-state index contributed by atoms with van der Waals surface area (Å²) in [5.74, 6) is 0.150. The third-order valence-corrected chi connectivity index (χ3v) is 6.93. The monoisotopic (exact) mass is 475 g/mol. The molecule has 0 saturated heterocycles. The number of rotatable bonds is 8. The van der Waals surface area contributed by atoms with Crippen LogP contribution in [0.5, 0.6) is 11.5 Å². The number of nitrogens with one attached hydrogen (secondary N) is 2. The molecule has 1 amide bonds. The van der Waals surface area contributed by atoms with Gasteiger partial charge in [0.1, 0.15) is 5.75 Å². The van der Waals surface area contributed by atoms with Gasteiger partial charge in [0.05, 0.1) is 16.1 Å². The van der Waals surface area contributed by atoms with Crippen molar-refractivity contribution in [2.24, 2.45) is 0 Å². The van der Waals surface area contributed by atoms with Gasteiger partial charge >= 0.3 is 0 Å². The largest absolute Gasteiger partial charge is 0.455 e. The van der Waals surface area contributed by atoms with Crippen molar-refractivity contribution >= 4 is 33.2 Å². The molecular formula is C22H22ClN3O5S. The average Bonchev–Trinajstić information content (AvgIpc) is 2.77. The van der Waals surface area contributed by atoms with E-state index in [9.17, 15) is 18.0 Å². The first-order valence-electron chi connectivity index (χ1n) is 9.82. The molecule has 0 atom stereocenters. The van der Waals surface area contributed by atoms with Gasteiger partial charge in [0.2, 0.25) is 15.6 Å². The first-order valence-corrected chi connectivity index (χ1v) is 11.6. The van der Waals surface area contributed by atoms with E-state index in [0.29, 0.717) is 23.9 Å². The number of halogens is 1. The quantitative estimate of drug-likeness (QED) is 0.509. The van der Waals surface area contributed by atoms with Crippen LogP contribution >= 0.6 is 11.6 Å². The lowest BCUT2D eigenvalue weighted by atomic mass is 10.2. The number of ether oxygens (including phenoxy) is 1.